The van der Waals surface area contributed by atoms with E-state index in [9.17, 15) is 4.79 Å². The number of nitrogens with one attached hydrogen (secondary N) is 1. The van der Waals surface area contributed by atoms with Crippen molar-refractivity contribution in [3.05, 3.63) is 62.9 Å². The fraction of sp³-hybridized carbons (Fsp3) is 0.0667. The molecular formula is C15H11BrN2OS. The van der Waals surface area contributed by atoms with E-state index in [0.717, 1.165) is 19.6 Å². The normalized spacial score (nSPS) is 10.7. The monoisotopic (exact) mass is 346 g/mol. The van der Waals surface area contributed by atoms with Crippen LogP contribution in [0.3, 0.4) is 0 Å². The highest BCUT2D eigenvalue weighted by atomic mass is 79.9. The number of aromatic nitrogens is 1. The van der Waals surface area contributed by atoms with E-state index in [2.05, 4.69) is 26.2 Å². The summed E-state index contributed by atoms with van der Waals surface area (Å²) in [7, 11) is 0. The van der Waals surface area contributed by atoms with Crippen LogP contribution in [0.15, 0.2) is 52.4 Å². The van der Waals surface area contributed by atoms with Gasteiger partial charge in [0, 0.05) is 16.5 Å². The van der Waals surface area contributed by atoms with Gasteiger partial charge in [-0.25, -0.2) is 0 Å². The van der Waals surface area contributed by atoms with E-state index in [-0.39, 0.29) is 5.91 Å². The molecule has 0 aliphatic rings. The summed E-state index contributed by atoms with van der Waals surface area (Å²) in [6, 6.07) is 13.4. The summed E-state index contributed by atoms with van der Waals surface area (Å²) in [4.78, 5) is 17.7. The molecule has 1 amide bonds. The number of nitrogens with zero attached hydrogens (tertiary/aromatic N) is 1. The maximum atomic E-state index is 12.3. The van der Waals surface area contributed by atoms with Gasteiger partial charge in [0.05, 0.1) is 21.4 Å². The molecule has 100 valence electrons. The van der Waals surface area contributed by atoms with Crippen LogP contribution < -0.4 is 5.32 Å². The van der Waals surface area contributed by atoms with Crippen molar-refractivity contribution in [1.82, 2.24) is 10.3 Å². The van der Waals surface area contributed by atoms with Gasteiger partial charge in [0.25, 0.3) is 5.91 Å². The predicted molar refractivity (Wildman–Crippen MR) is 84.9 cm³/mol. The van der Waals surface area contributed by atoms with Crippen molar-refractivity contribution in [3.63, 3.8) is 0 Å². The zero-order valence-corrected chi connectivity index (χ0v) is 12.9. The molecular weight excluding hydrogens is 336 g/mol. The maximum Gasteiger partial charge on any atom is 0.252 e. The van der Waals surface area contributed by atoms with Crippen LogP contribution in [0.5, 0.6) is 0 Å². The van der Waals surface area contributed by atoms with Crippen LogP contribution in [0.4, 0.5) is 0 Å². The molecule has 1 N–H and O–H groups in total. The van der Waals surface area contributed by atoms with Crippen LogP contribution in [0.1, 0.15) is 15.2 Å². The summed E-state index contributed by atoms with van der Waals surface area (Å²) in [6.07, 6.45) is 1.67. The number of para-hydroxylation sites is 1. The molecule has 3 aromatic rings. The van der Waals surface area contributed by atoms with Gasteiger partial charge in [-0.2, -0.15) is 0 Å². The number of carbonyl (C=O) groups excluding carboxylic acids is 1. The largest absolute Gasteiger partial charge is 0.347 e. The van der Waals surface area contributed by atoms with Crippen LogP contribution in [-0.2, 0) is 6.54 Å². The second kappa shape index (κ2) is 5.73. The molecule has 5 heteroatoms. The standard InChI is InChI=1S/C15H11BrN2OS/c16-14-6-5-10(20-14)9-18-15(19)12-7-8-17-13-4-2-1-3-11(12)13/h1-8H,9H2,(H,18,19). The zero-order valence-electron chi connectivity index (χ0n) is 10.5. The number of thiophene rings is 1. The Hall–Kier alpha value is -1.72. The quantitative estimate of drug-likeness (QED) is 0.778. The Bertz CT molecular complexity index is 764. The lowest BCUT2D eigenvalue weighted by Gasteiger charge is -2.06. The minimum absolute atomic E-state index is 0.0758. The molecule has 0 radical (unpaired) electrons. The molecule has 0 aliphatic heterocycles. The second-order valence-electron chi connectivity index (χ2n) is 4.26. The summed E-state index contributed by atoms with van der Waals surface area (Å²) in [5.41, 5.74) is 1.49. The average Bonchev–Trinajstić information content (AvgIpc) is 2.90. The molecule has 0 spiro atoms. The van der Waals surface area contributed by atoms with Gasteiger partial charge in [-0.3, -0.25) is 9.78 Å². The van der Waals surface area contributed by atoms with Gasteiger partial charge in [-0.15, -0.1) is 11.3 Å². The SMILES string of the molecule is O=C(NCc1ccc(Br)s1)c1ccnc2ccccc12. The third-order valence-corrected chi connectivity index (χ3v) is 4.57. The van der Waals surface area contributed by atoms with E-state index in [1.165, 1.54) is 0 Å². The van der Waals surface area contributed by atoms with Gasteiger partial charge in [0.15, 0.2) is 0 Å². The van der Waals surface area contributed by atoms with E-state index in [4.69, 9.17) is 0 Å². The van der Waals surface area contributed by atoms with E-state index in [0.29, 0.717) is 12.1 Å². The molecule has 3 rings (SSSR count). The second-order valence-corrected chi connectivity index (χ2v) is 6.81. The van der Waals surface area contributed by atoms with Gasteiger partial charge in [0.2, 0.25) is 0 Å². The number of rotatable bonds is 3. The van der Waals surface area contributed by atoms with E-state index < -0.39 is 0 Å². The molecule has 2 heterocycles. The van der Waals surface area contributed by atoms with Crippen LogP contribution in [0, 0.1) is 0 Å². The number of fused-ring (bicyclic) bond motifs is 1. The first kappa shape index (κ1) is 13.3. The van der Waals surface area contributed by atoms with Crippen molar-refractivity contribution in [2.24, 2.45) is 0 Å². The Morgan fingerprint density at radius 1 is 1.20 bits per heavy atom. The summed E-state index contributed by atoms with van der Waals surface area (Å²) in [5, 5.41) is 3.82. The van der Waals surface area contributed by atoms with Gasteiger partial charge in [0.1, 0.15) is 0 Å². The fourth-order valence-electron chi connectivity index (χ4n) is 2.00. The van der Waals surface area contributed by atoms with Crippen molar-refractivity contribution in [3.8, 4) is 0 Å². The number of amides is 1. The number of hydrogen-bond donors (Lipinski definition) is 1. The lowest BCUT2D eigenvalue weighted by Crippen LogP contribution is -2.22. The third-order valence-electron chi connectivity index (χ3n) is 2.95. The van der Waals surface area contributed by atoms with Crippen LogP contribution in [-0.4, -0.2) is 10.9 Å². The zero-order chi connectivity index (χ0) is 13.9. The topological polar surface area (TPSA) is 42.0 Å². The molecule has 0 fully saturated rings. The highest BCUT2D eigenvalue weighted by Gasteiger charge is 2.10. The highest BCUT2D eigenvalue weighted by Crippen LogP contribution is 2.22. The highest BCUT2D eigenvalue weighted by molar-refractivity contribution is 9.11. The third kappa shape index (κ3) is 2.73. The van der Waals surface area contributed by atoms with Crippen molar-refractivity contribution in [2.75, 3.05) is 0 Å². The van der Waals surface area contributed by atoms with Crippen LogP contribution in [0.2, 0.25) is 0 Å². The van der Waals surface area contributed by atoms with Crippen molar-refractivity contribution in [2.45, 2.75) is 6.54 Å². The average molecular weight is 347 g/mol. The van der Waals surface area contributed by atoms with E-state index >= 15 is 0 Å². The molecule has 0 aliphatic carbocycles. The molecule has 20 heavy (non-hydrogen) atoms. The van der Waals surface area contributed by atoms with Crippen LogP contribution >= 0.6 is 27.3 Å². The first-order chi connectivity index (χ1) is 9.74. The molecule has 0 saturated carbocycles. The fourth-order valence-corrected chi connectivity index (χ4v) is 3.43. The van der Waals surface area contributed by atoms with Gasteiger partial charge < -0.3 is 5.32 Å². The molecule has 1 aromatic carbocycles. The Balaban J connectivity index is 1.82. The lowest BCUT2D eigenvalue weighted by molar-refractivity contribution is 0.0953. The molecule has 0 unspecified atom stereocenters. The Labute approximate surface area is 128 Å². The number of carbonyl (C=O) groups is 1. The van der Waals surface area contributed by atoms with E-state index in [1.807, 2.05) is 36.4 Å². The first-order valence-electron chi connectivity index (χ1n) is 6.10. The Morgan fingerprint density at radius 2 is 2.05 bits per heavy atom. The van der Waals surface area contributed by atoms with Crippen molar-refractivity contribution < 1.29 is 4.79 Å². The van der Waals surface area contributed by atoms with Gasteiger partial charge >= 0.3 is 0 Å². The summed E-state index contributed by atoms with van der Waals surface area (Å²) in [5.74, 6) is -0.0758. The summed E-state index contributed by atoms with van der Waals surface area (Å²) >= 11 is 5.03. The molecule has 3 nitrogen and oxygen atoms in total. The van der Waals surface area contributed by atoms with Crippen molar-refractivity contribution in [1.29, 1.82) is 0 Å². The van der Waals surface area contributed by atoms with Gasteiger partial charge in [-0.1, -0.05) is 18.2 Å². The molecule has 0 atom stereocenters. The number of pyridine rings is 1. The van der Waals surface area contributed by atoms with Crippen LogP contribution in [0.25, 0.3) is 10.9 Å². The minimum atomic E-state index is -0.0758. The maximum absolute atomic E-state index is 12.3. The number of halogens is 1. The summed E-state index contributed by atoms with van der Waals surface area (Å²) < 4.78 is 1.07. The lowest BCUT2D eigenvalue weighted by atomic mass is 10.1. The molecule has 2 aromatic heterocycles. The number of hydrogen-bond acceptors (Lipinski definition) is 3. The van der Waals surface area contributed by atoms with E-state index in [1.54, 1.807) is 23.6 Å². The Kier molecular flexibility index (Phi) is 3.80. The van der Waals surface area contributed by atoms with Crippen molar-refractivity contribution >= 4 is 44.1 Å². The first-order valence-corrected chi connectivity index (χ1v) is 7.71. The Morgan fingerprint density at radius 3 is 2.85 bits per heavy atom. The predicted octanol–water partition coefficient (Wildman–Crippen LogP) is 3.99. The molecule has 0 saturated heterocycles. The van der Waals surface area contributed by atoms with Gasteiger partial charge in [-0.05, 0) is 40.2 Å². The summed E-state index contributed by atoms with van der Waals surface area (Å²) in [6.45, 7) is 0.533. The smallest absolute Gasteiger partial charge is 0.252 e. The number of benzene rings is 1. The molecule has 0 bridgehead atoms. The minimum Gasteiger partial charge on any atom is -0.347 e.